The lowest BCUT2D eigenvalue weighted by atomic mass is 10.0. The largest absolute Gasteiger partial charge is 0.508 e. The van der Waals surface area contributed by atoms with Crippen LogP contribution in [0.2, 0.25) is 0 Å². The molecule has 1 saturated heterocycles. The van der Waals surface area contributed by atoms with E-state index in [1.807, 2.05) is 0 Å². The maximum absolute atomic E-state index is 11.2. The molecular formula is C13H17NO5. The van der Waals surface area contributed by atoms with Gasteiger partial charge in [-0.15, -0.1) is 0 Å². The van der Waals surface area contributed by atoms with Gasteiger partial charge >= 0.3 is 5.97 Å². The number of rotatable bonds is 3. The number of aromatic hydroxyl groups is 2. The molecule has 1 aromatic rings. The lowest BCUT2D eigenvalue weighted by molar-refractivity contribution is -0.180. The van der Waals surface area contributed by atoms with Gasteiger partial charge in [0.25, 0.3) is 0 Å². The van der Waals surface area contributed by atoms with Crippen LogP contribution in [0.4, 0.5) is 0 Å². The highest BCUT2D eigenvalue weighted by Gasteiger charge is 2.48. The molecule has 1 fully saturated rings. The maximum atomic E-state index is 11.2. The topological polar surface area (TPSA) is 101 Å². The van der Waals surface area contributed by atoms with E-state index in [9.17, 15) is 20.1 Å². The van der Waals surface area contributed by atoms with Crippen LogP contribution in [0.15, 0.2) is 18.2 Å². The summed E-state index contributed by atoms with van der Waals surface area (Å²) in [5, 5.41) is 38.4. The molecule has 0 bridgehead atoms. The van der Waals surface area contributed by atoms with Crippen molar-refractivity contribution >= 4 is 5.97 Å². The first kappa shape index (κ1) is 13.6. The fourth-order valence-electron chi connectivity index (χ4n) is 2.62. The van der Waals surface area contributed by atoms with Crippen LogP contribution in [0.3, 0.4) is 0 Å². The van der Waals surface area contributed by atoms with Crippen LogP contribution in [0, 0.1) is 0 Å². The van der Waals surface area contributed by atoms with Gasteiger partial charge in [0.15, 0.2) is 0 Å². The minimum Gasteiger partial charge on any atom is -0.508 e. The number of aliphatic carboxylic acids is 1. The Bertz CT molecular complexity index is 504. The summed E-state index contributed by atoms with van der Waals surface area (Å²) in [6.07, 6.45) is 0.734. The van der Waals surface area contributed by atoms with Gasteiger partial charge in [-0.3, -0.25) is 4.90 Å². The van der Waals surface area contributed by atoms with E-state index in [0.717, 1.165) is 0 Å². The highest BCUT2D eigenvalue weighted by molar-refractivity contribution is 5.77. The van der Waals surface area contributed by atoms with Gasteiger partial charge in [0.2, 0.25) is 5.72 Å². The first-order chi connectivity index (χ1) is 8.86. The first-order valence-electron chi connectivity index (χ1n) is 6.10. The Morgan fingerprint density at radius 2 is 2.11 bits per heavy atom. The second kappa shape index (κ2) is 4.71. The molecule has 0 aromatic heterocycles. The number of carboxylic acid groups (broad SMARTS) is 1. The van der Waals surface area contributed by atoms with Crippen LogP contribution in [0.5, 0.6) is 11.5 Å². The van der Waals surface area contributed by atoms with E-state index in [0.29, 0.717) is 18.5 Å². The van der Waals surface area contributed by atoms with E-state index in [4.69, 9.17) is 5.11 Å². The van der Waals surface area contributed by atoms with E-state index in [2.05, 4.69) is 0 Å². The highest BCUT2D eigenvalue weighted by Crippen LogP contribution is 2.38. The third-order valence-electron chi connectivity index (χ3n) is 3.67. The molecule has 0 amide bonds. The summed E-state index contributed by atoms with van der Waals surface area (Å²) in [6.45, 7) is 2.15. The third-order valence-corrected chi connectivity index (χ3v) is 3.67. The zero-order valence-corrected chi connectivity index (χ0v) is 10.6. The van der Waals surface area contributed by atoms with Crippen molar-refractivity contribution < 1.29 is 25.2 Å². The van der Waals surface area contributed by atoms with Gasteiger partial charge < -0.3 is 20.4 Å². The number of aliphatic hydroxyl groups is 1. The molecule has 0 spiro atoms. The molecule has 2 atom stereocenters. The smallest absolute Gasteiger partial charge is 0.351 e. The van der Waals surface area contributed by atoms with Gasteiger partial charge in [0.05, 0.1) is 0 Å². The summed E-state index contributed by atoms with van der Waals surface area (Å²) in [4.78, 5) is 12.7. The predicted molar refractivity (Wildman–Crippen MR) is 66.7 cm³/mol. The molecule has 1 heterocycles. The van der Waals surface area contributed by atoms with Crippen molar-refractivity contribution in [2.24, 2.45) is 0 Å². The summed E-state index contributed by atoms with van der Waals surface area (Å²) < 4.78 is 0. The molecule has 1 aliphatic rings. The molecule has 6 heteroatoms. The zero-order chi connectivity index (χ0) is 14.2. The van der Waals surface area contributed by atoms with E-state index in [1.165, 1.54) is 23.1 Å². The summed E-state index contributed by atoms with van der Waals surface area (Å²) >= 11 is 0. The lowest BCUT2D eigenvalue weighted by Crippen LogP contribution is -2.51. The number of carboxylic acids is 1. The molecule has 0 saturated carbocycles. The van der Waals surface area contributed by atoms with Crippen molar-refractivity contribution in [1.29, 1.82) is 0 Å². The van der Waals surface area contributed by atoms with Crippen molar-refractivity contribution in [3.63, 3.8) is 0 Å². The Hall–Kier alpha value is -1.79. The van der Waals surface area contributed by atoms with Crippen LogP contribution in [0.25, 0.3) is 0 Å². The lowest BCUT2D eigenvalue weighted by Gasteiger charge is -2.34. The second-order valence-electron chi connectivity index (χ2n) is 4.84. The van der Waals surface area contributed by atoms with Gasteiger partial charge in [-0.1, -0.05) is 6.07 Å². The molecule has 1 aromatic carbocycles. The second-order valence-corrected chi connectivity index (χ2v) is 4.84. The quantitative estimate of drug-likeness (QED) is 0.652. The monoisotopic (exact) mass is 267 g/mol. The summed E-state index contributed by atoms with van der Waals surface area (Å²) in [6, 6.07) is 3.67. The van der Waals surface area contributed by atoms with Crippen LogP contribution in [-0.2, 0) is 4.79 Å². The summed E-state index contributed by atoms with van der Waals surface area (Å²) in [5.41, 5.74) is -1.43. The van der Waals surface area contributed by atoms with Crippen molar-refractivity contribution in [2.75, 3.05) is 6.54 Å². The highest BCUT2D eigenvalue weighted by atomic mass is 16.4. The van der Waals surface area contributed by atoms with Crippen LogP contribution in [-0.4, -0.2) is 43.6 Å². The summed E-state index contributed by atoms with van der Waals surface area (Å²) in [5.74, 6) is -1.47. The number of phenolic OH excluding ortho intramolecular Hbond substituents is 2. The molecule has 104 valence electrons. The van der Waals surface area contributed by atoms with Crippen molar-refractivity contribution in [3.8, 4) is 11.5 Å². The Morgan fingerprint density at radius 3 is 2.68 bits per heavy atom. The van der Waals surface area contributed by atoms with Gasteiger partial charge in [-0.05, 0) is 19.4 Å². The van der Waals surface area contributed by atoms with Crippen LogP contribution >= 0.6 is 0 Å². The molecule has 2 rings (SSSR count). The minimum atomic E-state index is -1.90. The van der Waals surface area contributed by atoms with E-state index >= 15 is 0 Å². The predicted octanol–water partition coefficient (Wildman–Crippen LogP) is 1.03. The molecule has 6 nitrogen and oxygen atoms in total. The number of likely N-dealkylation sites (tertiary alicyclic amines) is 1. The van der Waals surface area contributed by atoms with E-state index in [-0.39, 0.29) is 17.9 Å². The standard InChI is InChI=1S/C13H17NO5/c1-8(10-4-3-9(15)7-11(10)16)14-6-2-5-13(14,19)12(17)18/h3-4,7-8,15-16,19H,2,5-6H2,1H3,(H,17,18). The number of phenols is 2. The van der Waals surface area contributed by atoms with Gasteiger partial charge in [-0.25, -0.2) is 4.79 Å². The average Bonchev–Trinajstić information content (AvgIpc) is 2.72. The minimum absolute atomic E-state index is 0.0663. The zero-order valence-electron chi connectivity index (χ0n) is 10.6. The first-order valence-corrected chi connectivity index (χ1v) is 6.10. The molecule has 0 aliphatic carbocycles. The number of carbonyl (C=O) groups is 1. The Morgan fingerprint density at radius 1 is 1.42 bits per heavy atom. The van der Waals surface area contributed by atoms with Crippen molar-refractivity contribution in [3.05, 3.63) is 23.8 Å². The van der Waals surface area contributed by atoms with Crippen molar-refractivity contribution in [2.45, 2.75) is 31.5 Å². The van der Waals surface area contributed by atoms with Gasteiger partial charge in [0.1, 0.15) is 11.5 Å². The number of nitrogens with zero attached hydrogens (tertiary/aromatic N) is 1. The fourth-order valence-corrected chi connectivity index (χ4v) is 2.62. The van der Waals surface area contributed by atoms with Crippen molar-refractivity contribution in [1.82, 2.24) is 4.90 Å². The number of hydrogen-bond acceptors (Lipinski definition) is 5. The Labute approximate surface area is 110 Å². The van der Waals surface area contributed by atoms with Gasteiger partial charge in [0, 0.05) is 30.6 Å². The molecule has 19 heavy (non-hydrogen) atoms. The fraction of sp³-hybridized carbons (Fsp3) is 0.462. The molecule has 2 unspecified atom stereocenters. The Balaban J connectivity index is 2.33. The van der Waals surface area contributed by atoms with Gasteiger partial charge in [-0.2, -0.15) is 0 Å². The third kappa shape index (κ3) is 2.24. The normalized spacial score (nSPS) is 25.4. The average molecular weight is 267 g/mol. The molecular weight excluding hydrogens is 250 g/mol. The van der Waals surface area contributed by atoms with Crippen LogP contribution in [0.1, 0.15) is 31.4 Å². The molecule has 0 radical (unpaired) electrons. The maximum Gasteiger partial charge on any atom is 0.351 e. The number of hydrogen-bond donors (Lipinski definition) is 4. The number of benzene rings is 1. The molecule has 4 N–H and O–H groups in total. The molecule has 1 aliphatic heterocycles. The SMILES string of the molecule is CC(c1ccc(O)cc1O)N1CCCC1(O)C(=O)O. The Kier molecular flexibility index (Phi) is 3.38. The van der Waals surface area contributed by atoms with E-state index in [1.54, 1.807) is 6.92 Å². The summed E-state index contributed by atoms with van der Waals surface area (Å²) in [7, 11) is 0. The van der Waals surface area contributed by atoms with E-state index < -0.39 is 17.7 Å². The van der Waals surface area contributed by atoms with Crippen LogP contribution < -0.4 is 0 Å².